The molecule has 25 heavy (non-hydrogen) atoms. The molecule has 0 atom stereocenters. The molecule has 0 saturated carbocycles. The third-order valence-electron chi connectivity index (χ3n) is 4.11. The zero-order valence-electron chi connectivity index (χ0n) is 13.3. The first kappa shape index (κ1) is 15.6. The van der Waals surface area contributed by atoms with E-state index >= 15 is 0 Å². The standard InChI is InChI=1S/C19H15ClN4O/c20-14-5-7-15(8-6-14)22-18(25)16-9-11-21-19(23-16)24-12-10-13-3-1-2-4-17(13)24/h1-9,11H,10,12H2,(H,22,25). The van der Waals surface area contributed by atoms with Gasteiger partial charge < -0.3 is 10.2 Å². The summed E-state index contributed by atoms with van der Waals surface area (Å²) < 4.78 is 0. The SMILES string of the molecule is O=C(Nc1ccc(Cl)cc1)c1ccnc(N2CCc3ccccc32)n1. The second-order valence-electron chi connectivity index (χ2n) is 5.73. The molecule has 0 fully saturated rings. The molecule has 5 nitrogen and oxygen atoms in total. The van der Waals surface area contributed by atoms with Gasteiger partial charge in [-0.05, 0) is 48.4 Å². The van der Waals surface area contributed by atoms with Gasteiger partial charge in [0, 0.05) is 29.1 Å². The smallest absolute Gasteiger partial charge is 0.274 e. The van der Waals surface area contributed by atoms with E-state index in [0.29, 0.717) is 22.4 Å². The topological polar surface area (TPSA) is 58.1 Å². The number of amides is 1. The minimum absolute atomic E-state index is 0.279. The van der Waals surface area contributed by atoms with Crippen molar-refractivity contribution in [3.05, 3.63) is 77.1 Å². The zero-order valence-corrected chi connectivity index (χ0v) is 14.1. The molecule has 0 radical (unpaired) electrons. The Morgan fingerprint density at radius 3 is 2.72 bits per heavy atom. The second kappa shape index (κ2) is 6.53. The van der Waals surface area contributed by atoms with Crippen LogP contribution in [0.15, 0.2) is 60.8 Å². The largest absolute Gasteiger partial charge is 0.321 e. The van der Waals surface area contributed by atoms with Gasteiger partial charge >= 0.3 is 0 Å². The van der Waals surface area contributed by atoms with Crippen LogP contribution < -0.4 is 10.2 Å². The van der Waals surface area contributed by atoms with E-state index in [1.165, 1.54) is 5.56 Å². The Kier molecular flexibility index (Phi) is 4.07. The number of para-hydroxylation sites is 1. The van der Waals surface area contributed by atoms with Gasteiger partial charge in [-0.1, -0.05) is 29.8 Å². The van der Waals surface area contributed by atoms with Gasteiger partial charge in [0.1, 0.15) is 5.69 Å². The van der Waals surface area contributed by atoms with E-state index in [9.17, 15) is 4.79 Å². The number of halogens is 1. The van der Waals surface area contributed by atoms with E-state index in [0.717, 1.165) is 18.7 Å². The minimum Gasteiger partial charge on any atom is -0.321 e. The molecule has 1 aliphatic heterocycles. The molecule has 2 aromatic carbocycles. The van der Waals surface area contributed by atoms with Gasteiger partial charge in [0.2, 0.25) is 5.95 Å². The number of nitrogens with one attached hydrogen (secondary N) is 1. The van der Waals surface area contributed by atoms with Crippen LogP contribution >= 0.6 is 11.6 Å². The zero-order chi connectivity index (χ0) is 17.2. The normalized spacial score (nSPS) is 12.8. The summed E-state index contributed by atoms with van der Waals surface area (Å²) in [7, 11) is 0. The van der Waals surface area contributed by atoms with Crippen LogP contribution in [0.3, 0.4) is 0 Å². The van der Waals surface area contributed by atoms with Gasteiger partial charge in [0.15, 0.2) is 0 Å². The van der Waals surface area contributed by atoms with Crippen LogP contribution in [0.1, 0.15) is 16.1 Å². The van der Waals surface area contributed by atoms with Crippen LogP contribution in [0.2, 0.25) is 5.02 Å². The van der Waals surface area contributed by atoms with Crippen molar-refractivity contribution in [2.24, 2.45) is 0 Å². The highest BCUT2D eigenvalue weighted by molar-refractivity contribution is 6.30. The molecule has 0 saturated heterocycles. The summed E-state index contributed by atoms with van der Waals surface area (Å²) >= 11 is 5.86. The fraction of sp³-hybridized carbons (Fsp3) is 0.105. The Bertz CT molecular complexity index is 927. The highest BCUT2D eigenvalue weighted by Crippen LogP contribution is 2.32. The summed E-state index contributed by atoms with van der Waals surface area (Å²) in [6.07, 6.45) is 2.56. The number of aromatic nitrogens is 2. The molecule has 0 aliphatic carbocycles. The summed E-state index contributed by atoms with van der Waals surface area (Å²) in [6, 6.07) is 16.7. The van der Waals surface area contributed by atoms with Crippen molar-refractivity contribution in [3.63, 3.8) is 0 Å². The number of rotatable bonds is 3. The number of benzene rings is 2. The highest BCUT2D eigenvalue weighted by Gasteiger charge is 2.22. The molecule has 0 unspecified atom stereocenters. The van der Waals surface area contributed by atoms with Crippen molar-refractivity contribution in [2.45, 2.75) is 6.42 Å². The Morgan fingerprint density at radius 1 is 1.08 bits per heavy atom. The van der Waals surface area contributed by atoms with Gasteiger partial charge in [-0.25, -0.2) is 9.97 Å². The maximum Gasteiger partial charge on any atom is 0.274 e. The summed E-state index contributed by atoms with van der Waals surface area (Å²) in [5.74, 6) is 0.257. The Morgan fingerprint density at radius 2 is 1.88 bits per heavy atom. The Balaban J connectivity index is 1.57. The fourth-order valence-electron chi connectivity index (χ4n) is 2.88. The third kappa shape index (κ3) is 3.19. The number of nitrogens with zero attached hydrogens (tertiary/aromatic N) is 3. The van der Waals surface area contributed by atoms with E-state index < -0.39 is 0 Å². The van der Waals surface area contributed by atoms with Gasteiger partial charge in [0.25, 0.3) is 5.91 Å². The van der Waals surface area contributed by atoms with Crippen LogP contribution in [-0.2, 0) is 6.42 Å². The predicted octanol–water partition coefficient (Wildman–Crippen LogP) is 4.08. The lowest BCUT2D eigenvalue weighted by Crippen LogP contribution is -2.20. The first-order chi connectivity index (χ1) is 12.2. The monoisotopic (exact) mass is 350 g/mol. The molecule has 0 bridgehead atoms. The first-order valence-corrected chi connectivity index (χ1v) is 8.34. The molecule has 1 N–H and O–H groups in total. The molecule has 2 heterocycles. The summed E-state index contributed by atoms with van der Waals surface area (Å²) in [5.41, 5.74) is 3.35. The van der Waals surface area contributed by atoms with Crippen LogP contribution in [0.25, 0.3) is 0 Å². The van der Waals surface area contributed by atoms with Gasteiger partial charge in [-0.15, -0.1) is 0 Å². The lowest BCUT2D eigenvalue weighted by atomic mass is 10.2. The van der Waals surface area contributed by atoms with Crippen LogP contribution in [0.4, 0.5) is 17.3 Å². The van der Waals surface area contributed by atoms with Crippen LogP contribution in [0.5, 0.6) is 0 Å². The van der Waals surface area contributed by atoms with Crippen LogP contribution in [0, 0.1) is 0 Å². The molecule has 6 heteroatoms. The van der Waals surface area contributed by atoms with Crippen molar-refractivity contribution in [2.75, 3.05) is 16.8 Å². The van der Waals surface area contributed by atoms with E-state index in [-0.39, 0.29) is 5.91 Å². The van der Waals surface area contributed by atoms with Crippen molar-refractivity contribution in [1.82, 2.24) is 9.97 Å². The van der Waals surface area contributed by atoms with Crippen molar-refractivity contribution < 1.29 is 4.79 Å². The number of hydrogen-bond donors (Lipinski definition) is 1. The molecule has 4 rings (SSSR count). The van der Waals surface area contributed by atoms with E-state index in [1.807, 2.05) is 23.1 Å². The molecule has 1 amide bonds. The van der Waals surface area contributed by atoms with Gasteiger partial charge in [-0.3, -0.25) is 4.79 Å². The van der Waals surface area contributed by atoms with Crippen molar-refractivity contribution in [3.8, 4) is 0 Å². The molecule has 3 aromatic rings. The Labute approximate surface area is 150 Å². The average molecular weight is 351 g/mol. The lowest BCUT2D eigenvalue weighted by Gasteiger charge is -2.17. The molecular formula is C19H15ClN4O. The van der Waals surface area contributed by atoms with Gasteiger partial charge in [-0.2, -0.15) is 0 Å². The summed E-state index contributed by atoms with van der Waals surface area (Å²) in [5, 5.41) is 3.44. The molecule has 0 spiro atoms. The van der Waals surface area contributed by atoms with Crippen molar-refractivity contribution >= 4 is 34.8 Å². The molecule has 124 valence electrons. The highest BCUT2D eigenvalue weighted by atomic mass is 35.5. The predicted molar refractivity (Wildman–Crippen MR) is 98.6 cm³/mol. The molecular weight excluding hydrogens is 336 g/mol. The quantitative estimate of drug-likeness (QED) is 0.773. The number of hydrogen-bond acceptors (Lipinski definition) is 4. The van der Waals surface area contributed by atoms with Gasteiger partial charge in [0.05, 0.1) is 0 Å². The molecule has 1 aromatic heterocycles. The first-order valence-electron chi connectivity index (χ1n) is 7.96. The number of carbonyl (C=O) groups is 1. The van der Waals surface area contributed by atoms with E-state index in [4.69, 9.17) is 11.6 Å². The van der Waals surface area contributed by atoms with E-state index in [2.05, 4.69) is 21.4 Å². The molecule has 1 aliphatic rings. The Hall–Kier alpha value is -2.92. The summed E-state index contributed by atoms with van der Waals surface area (Å²) in [6.45, 7) is 0.807. The second-order valence-corrected chi connectivity index (χ2v) is 6.17. The third-order valence-corrected chi connectivity index (χ3v) is 4.36. The van der Waals surface area contributed by atoms with Crippen LogP contribution in [-0.4, -0.2) is 22.4 Å². The summed E-state index contributed by atoms with van der Waals surface area (Å²) in [4.78, 5) is 23.3. The fourth-order valence-corrected chi connectivity index (χ4v) is 3.01. The minimum atomic E-state index is -0.279. The number of carbonyl (C=O) groups excluding carboxylic acids is 1. The number of fused-ring (bicyclic) bond motifs is 1. The number of anilines is 3. The maximum absolute atomic E-state index is 12.5. The van der Waals surface area contributed by atoms with E-state index in [1.54, 1.807) is 36.5 Å². The van der Waals surface area contributed by atoms with Crippen molar-refractivity contribution in [1.29, 1.82) is 0 Å². The average Bonchev–Trinajstić information content (AvgIpc) is 3.08. The maximum atomic E-state index is 12.5. The lowest BCUT2D eigenvalue weighted by molar-refractivity contribution is 0.102.